The fourth-order valence-electron chi connectivity index (χ4n) is 2.71. The number of benzene rings is 2. The highest BCUT2D eigenvalue weighted by atomic mass is 16.5. The van der Waals surface area contributed by atoms with Crippen molar-refractivity contribution in [1.29, 1.82) is 0 Å². The normalized spacial score (nSPS) is 10.6. The van der Waals surface area contributed by atoms with Gasteiger partial charge in [0.05, 0.1) is 28.4 Å². The van der Waals surface area contributed by atoms with Gasteiger partial charge in [0, 0.05) is 17.7 Å². The lowest BCUT2D eigenvalue weighted by Gasteiger charge is -2.14. The van der Waals surface area contributed by atoms with Gasteiger partial charge in [0.2, 0.25) is 5.75 Å². The van der Waals surface area contributed by atoms with Gasteiger partial charge in [0.15, 0.2) is 16.9 Å². The Labute approximate surface area is 144 Å². The van der Waals surface area contributed by atoms with E-state index in [9.17, 15) is 4.79 Å². The molecule has 0 N–H and O–H groups in total. The number of methoxy groups -OCH3 is 4. The zero-order valence-corrected chi connectivity index (χ0v) is 14.4. The maximum absolute atomic E-state index is 12.7. The SMILES string of the molecule is COc1cccc(-c2cc(=O)c3c(OC)c(OC)c(OC)cc3o2)c1. The third-order valence-corrected chi connectivity index (χ3v) is 3.88. The molecule has 0 saturated carbocycles. The smallest absolute Gasteiger partial charge is 0.204 e. The van der Waals surface area contributed by atoms with Crippen LogP contribution in [0.4, 0.5) is 0 Å². The van der Waals surface area contributed by atoms with Crippen LogP contribution < -0.4 is 24.4 Å². The van der Waals surface area contributed by atoms with Crippen LogP contribution in [0.3, 0.4) is 0 Å². The van der Waals surface area contributed by atoms with Gasteiger partial charge in [-0.2, -0.15) is 0 Å². The predicted octanol–water partition coefficient (Wildman–Crippen LogP) is 3.49. The predicted molar refractivity (Wildman–Crippen MR) is 94.1 cm³/mol. The molecule has 6 nitrogen and oxygen atoms in total. The maximum Gasteiger partial charge on any atom is 0.204 e. The molecule has 0 amide bonds. The summed E-state index contributed by atoms with van der Waals surface area (Å²) >= 11 is 0. The first-order chi connectivity index (χ1) is 12.1. The Balaban J connectivity index is 2.31. The summed E-state index contributed by atoms with van der Waals surface area (Å²) in [5.74, 6) is 2.13. The molecule has 25 heavy (non-hydrogen) atoms. The van der Waals surface area contributed by atoms with E-state index in [-0.39, 0.29) is 11.2 Å². The molecule has 0 aliphatic heterocycles. The second-order valence-corrected chi connectivity index (χ2v) is 5.23. The zero-order chi connectivity index (χ0) is 18.0. The first-order valence-electron chi connectivity index (χ1n) is 7.54. The highest BCUT2D eigenvalue weighted by Gasteiger charge is 2.20. The van der Waals surface area contributed by atoms with Gasteiger partial charge in [-0.1, -0.05) is 12.1 Å². The average molecular weight is 342 g/mol. The summed E-state index contributed by atoms with van der Waals surface area (Å²) in [6.45, 7) is 0. The van der Waals surface area contributed by atoms with Crippen molar-refractivity contribution in [1.82, 2.24) is 0 Å². The molecule has 130 valence electrons. The number of hydrogen-bond donors (Lipinski definition) is 0. The Hall–Kier alpha value is -3.15. The van der Waals surface area contributed by atoms with Crippen molar-refractivity contribution >= 4 is 11.0 Å². The minimum absolute atomic E-state index is 0.239. The van der Waals surface area contributed by atoms with Crippen LogP contribution in [-0.2, 0) is 0 Å². The van der Waals surface area contributed by atoms with Crippen molar-refractivity contribution in [2.45, 2.75) is 0 Å². The van der Waals surface area contributed by atoms with E-state index in [4.69, 9.17) is 23.4 Å². The highest BCUT2D eigenvalue weighted by Crippen LogP contribution is 2.42. The summed E-state index contributed by atoms with van der Waals surface area (Å²) in [5.41, 5.74) is 0.837. The van der Waals surface area contributed by atoms with Gasteiger partial charge < -0.3 is 23.4 Å². The lowest BCUT2D eigenvalue weighted by atomic mass is 10.1. The molecular weight excluding hydrogens is 324 g/mol. The van der Waals surface area contributed by atoms with Gasteiger partial charge >= 0.3 is 0 Å². The standard InChI is InChI=1S/C19H18O6/c1-21-12-7-5-6-11(8-12)14-9-13(20)17-15(25-14)10-16(22-2)18(23-3)19(17)24-4/h5-10H,1-4H3. The molecule has 1 heterocycles. The van der Waals surface area contributed by atoms with E-state index >= 15 is 0 Å². The molecule has 0 fully saturated rings. The summed E-state index contributed by atoms with van der Waals surface area (Å²) in [7, 11) is 6.04. The van der Waals surface area contributed by atoms with Crippen molar-refractivity contribution in [3.05, 3.63) is 46.6 Å². The molecular formula is C19H18O6. The number of rotatable bonds is 5. The molecule has 1 aromatic heterocycles. The minimum Gasteiger partial charge on any atom is -0.497 e. The van der Waals surface area contributed by atoms with Crippen LogP contribution in [0.2, 0.25) is 0 Å². The minimum atomic E-state index is -0.239. The third kappa shape index (κ3) is 2.87. The summed E-state index contributed by atoms with van der Waals surface area (Å²) in [5, 5.41) is 0.298. The van der Waals surface area contributed by atoms with Crippen molar-refractivity contribution in [2.75, 3.05) is 28.4 Å². The summed E-state index contributed by atoms with van der Waals surface area (Å²) < 4.78 is 27.2. The fourth-order valence-corrected chi connectivity index (χ4v) is 2.71. The van der Waals surface area contributed by atoms with Crippen LogP contribution in [0.5, 0.6) is 23.0 Å². The van der Waals surface area contributed by atoms with Gasteiger partial charge in [0.1, 0.15) is 22.5 Å². The van der Waals surface area contributed by atoms with E-state index in [1.807, 2.05) is 18.2 Å². The van der Waals surface area contributed by atoms with E-state index < -0.39 is 0 Å². The largest absolute Gasteiger partial charge is 0.497 e. The Kier molecular flexibility index (Phi) is 4.52. The molecule has 0 aliphatic rings. The number of fused-ring (bicyclic) bond motifs is 1. The third-order valence-electron chi connectivity index (χ3n) is 3.88. The molecule has 0 unspecified atom stereocenters. The molecule has 0 spiro atoms. The molecule has 6 heteroatoms. The number of ether oxygens (including phenoxy) is 4. The first kappa shape index (κ1) is 16.7. The van der Waals surface area contributed by atoms with Crippen molar-refractivity contribution in [2.24, 2.45) is 0 Å². The second kappa shape index (κ2) is 6.76. The lowest BCUT2D eigenvalue weighted by molar-refractivity contribution is 0.326. The summed E-state index contributed by atoms with van der Waals surface area (Å²) in [6, 6.07) is 10.3. The number of hydrogen-bond acceptors (Lipinski definition) is 6. The van der Waals surface area contributed by atoms with Crippen LogP contribution in [0.25, 0.3) is 22.3 Å². The van der Waals surface area contributed by atoms with E-state index in [1.54, 1.807) is 19.2 Å². The molecule has 3 rings (SSSR count). The van der Waals surface area contributed by atoms with Gasteiger partial charge in [-0.15, -0.1) is 0 Å². The van der Waals surface area contributed by atoms with Crippen LogP contribution in [0.1, 0.15) is 0 Å². The maximum atomic E-state index is 12.7. The van der Waals surface area contributed by atoms with E-state index in [1.165, 1.54) is 27.4 Å². The average Bonchev–Trinajstić information content (AvgIpc) is 2.66. The Bertz CT molecular complexity index is 974. The van der Waals surface area contributed by atoms with Crippen LogP contribution >= 0.6 is 0 Å². The molecule has 0 bridgehead atoms. The van der Waals surface area contributed by atoms with E-state index in [0.29, 0.717) is 34.0 Å². The van der Waals surface area contributed by atoms with Gasteiger partial charge in [-0.05, 0) is 12.1 Å². The van der Waals surface area contributed by atoms with Crippen LogP contribution in [0, 0.1) is 0 Å². The summed E-state index contributed by atoms with van der Waals surface area (Å²) in [6.07, 6.45) is 0. The molecule has 0 atom stereocenters. The second-order valence-electron chi connectivity index (χ2n) is 5.23. The molecule has 0 aliphatic carbocycles. The Morgan fingerprint density at radius 2 is 1.60 bits per heavy atom. The zero-order valence-electron chi connectivity index (χ0n) is 14.4. The van der Waals surface area contributed by atoms with E-state index in [2.05, 4.69) is 0 Å². The van der Waals surface area contributed by atoms with E-state index in [0.717, 1.165) is 5.56 Å². The van der Waals surface area contributed by atoms with Crippen molar-refractivity contribution in [3.63, 3.8) is 0 Å². The van der Waals surface area contributed by atoms with Crippen LogP contribution in [-0.4, -0.2) is 28.4 Å². The fraction of sp³-hybridized carbons (Fsp3) is 0.211. The molecule has 2 aromatic carbocycles. The topological polar surface area (TPSA) is 67.1 Å². The van der Waals surface area contributed by atoms with Gasteiger partial charge in [-0.3, -0.25) is 4.79 Å². The molecule has 3 aromatic rings. The summed E-state index contributed by atoms with van der Waals surface area (Å²) in [4.78, 5) is 12.7. The Morgan fingerprint density at radius 3 is 2.24 bits per heavy atom. The van der Waals surface area contributed by atoms with Crippen LogP contribution in [0.15, 0.2) is 45.6 Å². The first-order valence-corrected chi connectivity index (χ1v) is 7.54. The van der Waals surface area contributed by atoms with Gasteiger partial charge in [-0.25, -0.2) is 0 Å². The van der Waals surface area contributed by atoms with Crippen molar-refractivity contribution < 1.29 is 23.4 Å². The molecule has 0 saturated heterocycles. The van der Waals surface area contributed by atoms with Gasteiger partial charge in [0.25, 0.3) is 0 Å². The molecule has 0 radical (unpaired) electrons. The monoisotopic (exact) mass is 342 g/mol. The lowest BCUT2D eigenvalue weighted by Crippen LogP contribution is -2.05. The highest BCUT2D eigenvalue weighted by molar-refractivity contribution is 5.90. The quantitative estimate of drug-likeness (QED) is 0.707. The Morgan fingerprint density at radius 1 is 0.840 bits per heavy atom. The van der Waals surface area contributed by atoms with Crippen molar-refractivity contribution in [3.8, 4) is 34.3 Å².